The maximum atomic E-state index is 12.0. The predicted octanol–water partition coefficient (Wildman–Crippen LogP) is 4.62. The second kappa shape index (κ2) is 5.95. The van der Waals surface area contributed by atoms with E-state index in [1.807, 2.05) is 6.92 Å². The van der Waals surface area contributed by atoms with Gasteiger partial charge in [-0.2, -0.15) is 0 Å². The normalized spacial score (nSPS) is 17.8. The lowest BCUT2D eigenvalue weighted by Gasteiger charge is -2.19. The standard InChI is InChI=1S/C14H14BrNO2S2/c1-2-18-14(17)9-4-3-5-10-12(9)16-13(20-10)11-6-8(15)7-19-11/h6-7,9H,2-5H2,1H3. The van der Waals surface area contributed by atoms with Crippen LogP contribution in [0.3, 0.4) is 0 Å². The Labute approximate surface area is 134 Å². The molecule has 1 atom stereocenters. The lowest BCUT2D eigenvalue weighted by atomic mass is 9.91. The number of halogens is 1. The highest BCUT2D eigenvalue weighted by molar-refractivity contribution is 9.10. The molecule has 106 valence electrons. The number of thiophene rings is 1. The van der Waals surface area contributed by atoms with E-state index in [1.54, 1.807) is 22.7 Å². The summed E-state index contributed by atoms with van der Waals surface area (Å²) < 4.78 is 6.25. The first-order chi connectivity index (χ1) is 9.69. The largest absolute Gasteiger partial charge is 0.465 e. The number of thiazole rings is 1. The van der Waals surface area contributed by atoms with Crippen LogP contribution in [-0.4, -0.2) is 17.6 Å². The van der Waals surface area contributed by atoms with Crippen LogP contribution < -0.4 is 0 Å². The number of aromatic nitrogens is 1. The summed E-state index contributed by atoms with van der Waals surface area (Å²) in [7, 11) is 0. The van der Waals surface area contributed by atoms with Crippen molar-refractivity contribution in [3.05, 3.63) is 26.5 Å². The number of ether oxygens (including phenoxy) is 1. The molecule has 3 rings (SSSR count). The van der Waals surface area contributed by atoms with E-state index in [1.165, 1.54) is 4.88 Å². The minimum absolute atomic E-state index is 0.127. The second-order valence-electron chi connectivity index (χ2n) is 4.65. The number of nitrogens with zero attached hydrogens (tertiary/aromatic N) is 1. The Hall–Kier alpha value is -0.720. The molecule has 6 heteroatoms. The lowest BCUT2D eigenvalue weighted by Crippen LogP contribution is -2.20. The number of esters is 1. The van der Waals surface area contributed by atoms with Gasteiger partial charge in [0.05, 0.1) is 17.2 Å². The van der Waals surface area contributed by atoms with E-state index in [4.69, 9.17) is 9.72 Å². The molecule has 0 bridgehead atoms. The summed E-state index contributed by atoms with van der Waals surface area (Å²) in [4.78, 5) is 19.2. The van der Waals surface area contributed by atoms with Crippen LogP contribution in [0.5, 0.6) is 0 Å². The topological polar surface area (TPSA) is 39.2 Å². The van der Waals surface area contributed by atoms with Crippen LogP contribution in [0.2, 0.25) is 0 Å². The molecule has 0 spiro atoms. The van der Waals surface area contributed by atoms with Crippen LogP contribution in [0.25, 0.3) is 9.88 Å². The third-order valence-electron chi connectivity index (χ3n) is 3.30. The molecule has 1 aliphatic rings. The van der Waals surface area contributed by atoms with Gasteiger partial charge >= 0.3 is 5.97 Å². The Kier molecular flexibility index (Phi) is 4.23. The van der Waals surface area contributed by atoms with Crippen molar-refractivity contribution in [3.63, 3.8) is 0 Å². The molecule has 0 saturated carbocycles. The number of aryl methyl sites for hydroxylation is 1. The Morgan fingerprint density at radius 2 is 2.45 bits per heavy atom. The average Bonchev–Trinajstić information content (AvgIpc) is 3.03. The quantitative estimate of drug-likeness (QED) is 0.739. The van der Waals surface area contributed by atoms with Crippen molar-refractivity contribution in [2.75, 3.05) is 6.61 Å². The van der Waals surface area contributed by atoms with Gasteiger partial charge in [-0.3, -0.25) is 4.79 Å². The van der Waals surface area contributed by atoms with Crippen LogP contribution in [0.4, 0.5) is 0 Å². The van der Waals surface area contributed by atoms with Gasteiger partial charge in [-0.25, -0.2) is 4.98 Å². The monoisotopic (exact) mass is 371 g/mol. The highest BCUT2D eigenvalue weighted by atomic mass is 79.9. The molecule has 1 unspecified atom stereocenters. The number of carbonyl (C=O) groups excluding carboxylic acids is 1. The van der Waals surface area contributed by atoms with Gasteiger partial charge in [0.15, 0.2) is 0 Å². The summed E-state index contributed by atoms with van der Waals surface area (Å²) in [6.45, 7) is 2.27. The van der Waals surface area contributed by atoms with E-state index >= 15 is 0 Å². The van der Waals surface area contributed by atoms with Gasteiger partial charge in [0.1, 0.15) is 10.9 Å². The lowest BCUT2D eigenvalue weighted by molar-refractivity contribution is -0.145. The fourth-order valence-electron chi connectivity index (χ4n) is 2.42. The van der Waals surface area contributed by atoms with Crippen LogP contribution in [0.15, 0.2) is 15.9 Å². The summed E-state index contributed by atoms with van der Waals surface area (Å²) >= 11 is 6.85. The minimum Gasteiger partial charge on any atom is -0.465 e. The van der Waals surface area contributed by atoms with Crippen molar-refractivity contribution in [3.8, 4) is 9.88 Å². The summed E-state index contributed by atoms with van der Waals surface area (Å²) in [6.07, 6.45) is 2.91. The number of hydrogen-bond donors (Lipinski definition) is 0. The van der Waals surface area contributed by atoms with Gasteiger partial charge in [-0.1, -0.05) is 0 Å². The van der Waals surface area contributed by atoms with Gasteiger partial charge in [0.2, 0.25) is 0 Å². The van der Waals surface area contributed by atoms with E-state index in [0.29, 0.717) is 6.61 Å². The number of fused-ring (bicyclic) bond motifs is 1. The van der Waals surface area contributed by atoms with Gasteiger partial charge in [0.25, 0.3) is 0 Å². The van der Waals surface area contributed by atoms with Crippen LogP contribution in [0, 0.1) is 0 Å². The molecule has 0 N–H and O–H groups in total. The van der Waals surface area contributed by atoms with Crippen molar-refractivity contribution in [1.82, 2.24) is 4.98 Å². The highest BCUT2D eigenvalue weighted by Gasteiger charge is 2.31. The Morgan fingerprint density at radius 1 is 1.60 bits per heavy atom. The Morgan fingerprint density at radius 3 is 3.15 bits per heavy atom. The van der Waals surface area contributed by atoms with Gasteiger partial charge < -0.3 is 4.74 Å². The summed E-state index contributed by atoms with van der Waals surface area (Å²) in [5.41, 5.74) is 0.944. The molecule has 2 heterocycles. The van der Waals surface area contributed by atoms with E-state index in [0.717, 1.165) is 39.3 Å². The fraction of sp³-hybridized carbons (Fsp3) is 0.429. The van der Waals surface area contributed by atoms with E-state index in [9.17, 15) is 4.79 Å². The summed E-state index contributed by atoms with van der Waals surface area (Å²) in [5, 5.41) is 3.07. The number of hydrogen-bond acceptors (Lipinski definition) is 5. The molecule has 0 amide bonds. The van der Waals surface area contributed by atoms with Crippen molar-refractivity contribution in [1.29, 1.82) is 0 Å². The first-order valence-electron chi connectivity index (χ1n) is 6.59. The molecule has 2 aromatic heterocycles. The first-order valence-corrected chi connectivity index (χ1v) is 9.08. The molecule has 0 radical (unpaired) electrons. The van der Waals surface area contributed by atoms with Crippen molar-refractivity contribution in [2.45, 2.75) is 32.1 Å². The zero-order valence-corrected chi connectivity index (χ0v) is 14.2. The molecule has 0 saturated heterocycles. The maximum absolute atomic E-state index is 12.0. The van der Waals surface area contributed by atoms with Crippen molar-refractivity contribution in [2.24, 2.45) is 0 Å². The second-order valence-corrected chi connectivity index (χ2v) is 7.56. The van der Waals surface area contributed by atoms with Gasteiger partial charge in [-0.05, 0) is 48.2 Å². The molecule has 20 heavy (non-hydrogen) atoms. The molecule has 2 aromatic rings. The molecular weight excluding hydrogens is 358 g/mol. The number of rotatable bonds is 3. The third kappa shape index (κ3) is 2.69. The van der Waals surface area contributed by atoms with E-state index < -0.39 is 0 Å². The van der Waals surface area contributed by atoms with E-state index in [-0.39, 0.29) is 11.9 Å². The zero-order valence-electron chi connectivity index (χ0n) is 11.0. The predicted molar refractivity (Wildman–Crippen MR) is 85.4 cm³/mol. The smallest absolute Gasteiger partial charge is 0.315 e. The van der Waals surface area contributed by atoms with Crippen LogP contribution in [0.1, 0.15) is 36.3 Å². The van der Waals surface area contributed by atoms with Gasteiger partial charge in [0, 0.05) is 14.7 Å². The van der Waals surface area contributed by atoms with E-state index in [2.05, 4.69) is 27.4 Å². The third-order valence-corrected chi connectivity index (χ3v) is 6.29. The zero-order chi connectivity index (χ0) is 14.1. The molecule has 0 aromatic carbocycles. The first kappa shape index (κ1) is 14.2. The van der Waals surface area contributed by atoms with Crippen molar-refractivity contribution >= 4 is 44.6 Å². The molecule has 3 nitrogen and oxygen atoms in total. The average molecular weight is 372 g/mol. The minimum atomic E-state index is -0.174. The highest BCUT2D eigenvalue weighted by Crippen LogP contribution is 2.40. The summed E-state index contributed by atoms with van der Waals surface area (Å²) in [6, 6.07) is 2.08. The van der Waals surface area contributed by atoms with Crippen molar-refractivity contribution < 1.29 is 9.53 Å². The maximum Gasteiger partial charge on any atom is 0.315 e. The SMILES string of the molecule is CCOC(=O)C1CCCc2sc(-c3cc(Br)cs3)nc21. The van der Waals surface area contributed by atoms with Gasteiger partial charge in [-0.15, -0.1) is 22.7 Å². The number of carbonyl (C=O) groups is 1. The Balaban J connectivity index is 1.94. The molecule has 0 aliphatic heterocycles. The van der Waals surface area contributed by atoms with Crippen LogP contribution >= 0.6 is 38.6 Å². The summed E-state index contributed by atoms with van der Waals surface area (Å²) in [5.74, 6) is -0.301. The molecular formula is C14H14BrNO2S2. The molecule has 1 aliphatic carbocycles. The fourth-order valence-corrected chi connectivity index (χ4v) is 5.08. The Bertz CT molecular complexity index is 635. The molecule has 0 fully saturated rings. The van der Waals surface area contributed by atoms with Crippen LogP contribution in [-0.2, 0) is 16.0 Å².